The van der Waals surface area contributed by atoms with E-state index in [1.807, 2.05) is 0 Å². The second kappa shape index (κ2) is 6.96. The fraction of sp³-hybridized carbons (Fsp3) is 1.00. The fourth-order valence-electron chi connectivity index (χ4n) is 0.729. The van der Waals surface area contributed by atoms with Crippen LogP contribution >= 0.6 is 0 Å². The van der Waals surface area contributed by atoms with E-state index in [0.29, 0.717) is 6.54 Å². The summed E-state index contributed by atoms with van der Waals surface area (Å²) in [4.78, 5) is 0. The maximum Gasteiger partial charge on any atom is 0.00997 e. The molecule has 0 saturated carbocycles. The van der Waals surface area contributed by atoms with Gasteiger partial charge in [0.1, 0.15) is 0 Å². The molecule has 0 spiro atoms. The number of rotatable bonds is 5. The summed E-state index contributed by atoms with van der Waals surface area (Å²) in [5.74, 6) is 0. The van der Waals surface area contributed by atoms with E-state index >= 15 is 0 Å². The fourth-order valence-corrected chi connectivity index (χ4v) is 0.729. The number of unbranched alkanes of at least 4 members (excludes halogenated alkanes) is 4. The minimum absolute atomic E-state index is 0.615. The Hall–Kier alpha value is -0.0400. The summed E-state index contributed by atoms with van der Waals surface area (Å²) in [6.07, 6.45) is 6.34. The highest BCUT2D eigenvalue weighted by Crippen LogP contribution is 2.00. The van der Waals surface area contributed by atoms with Crippen molar-refractivity contribution in [3.05, 3.63) is 0 Å². The first-order chi connectivity index (χ1) is 3.91. The van der Waals surface area contributed by atoms with Gasteiger partial charge in [-0.15, -0.1) is 0 Å². The lowest BCUT2D eigenvalue weighted by Crippen LogP contribution is -1.84. The van der Waals surface area contributed by atoms with Gasteiger partial charge in [0.15, 0.2) is 0 Å². The van der Waals surface area contributed by atoms with E-state index in [0.717, 1.165) is 6.42 Å². The van der Waals surface area contributed by atoms with E-state index in [-0.39, 0.29) is 0 Å². The third-order valence-electron chi connectivity index (χ3n) is 1.28. The molecule has 8 heavy (non-hydrogen) atoms. The Balaban J connectivity index is 2.53. The van der Waals surface area contributed by atoms with Crippen molar-refractivity contribution in [2.45, 2.75) is 39.0 Å². The summed E-state index contributed by atoms with van der Waals surface area (Å²) < 4.78 is 0. The predicted octanol–water partition coefficient (Wildman–Crippen LogP) is 2.24. The molecule has 0 heterocycles. The highest BCUT2D eigenvalue weighted by Gasteiger charge is 1.83. The van der Waals surface area contributed by atoms with Crippen LogP contribution in [0.5, 0.6) is 0 Å². The molecule has 0 atom stereocenters. The highest BCUT2D eigenvalue weighted by atomic mass is 14.5. The summed E-state index contributed by atoms with van der Waals surface area (Å²) in [5, 5.41) is 0. The van der Waals surface area contributed by atoms with E-state index in [2.05, 4.69) is 6.92 Å². The first kappa shape index (κ1) is 7.96. The molecule has 0 aromatic heterocycles. The molecule has 0 aliphatic carbocycles. The molecule has 0 aromatic carbocycles. The standard InChI is InChI=1S/C7H16N/c1-2-3-4-5-6-7-8/h8H,2-7H2,1H3. The first-order valence-corrected chi connectivity index (χ1v) is 3.56. The van der Waals surface area contributed by atoms with Crippen LogP contribution in [0.25, 0.3) is 0 Å². The van der Waals surface area contributed by atoms with Gasteiger partial charge in [-0.2, -0.15) is 0 Å². The average molecular weight is 114 g/mol. The topological polar surface area (TPSA) is 23.8 Å². The van der Waals surface area contributed by atoms with Gasteiger partial charge in [-0.1, -0.05) is 32.6 Å². The van der Waals surface area contributed by atoms with Crippen LogP contribution in [0.1, 0.15) is 39.0 Å². The SMILES string of the molecule is CCCCCCC[NH]. The van der Waals surface area contributed by atoms with Crippen molar-refractivity contribution >= 4 is 0 Å². The molecule has 0 aliphatic rings. The van der Waals surface area contributed by atoms with Gasteiger partial charge in [-0.05, 0) is 6.42 Å². The van der Waals surface area contributed by atoms with Crippen LogP contribution in [-0.4, -0.2) is 6.54 Å². The van der Waals surface area contributed by atoms with E-state index < -0.39 is 0 Å². The van der Waals surface area contributed by atoms with Crippen LogP contribution in [0.3, 0.4) is 0 Å². The maximum atomic E-state index is 6.84. The van der Waals surface area contributed by atoms with Crippen LogP contribution in [0, 0.1) is 0 Å². The van der Waals surface area contributed by atoms with Crippen molar-refractivity contribution in [3.63, 3.8) is 0 Å². The van der Waals surface area contributed by atoms with Gasteiger partial charge >= 0.3 is 0 Å². The van der Waals surface area contributed by atoms with Crippen molar-refractivity contribution in [2.24, 2.45) is 0 Å². The van der Waals surface area contributed by atoms with Crippen LogP contribution in [0.4, 0.5) is 0 Å². The van der Waals surface area contributed by atoms with Gasteiger partial charge in [0.05, 0.1) is 0 Å². The minimum atomic E-state index is 0.615. The Morgan fingerprint density at radius 3 is 2.12 bits per heavy atom. The molecule has 1 heteroatoms. The Labute approximate surface area is 52.3 Å². The summed E-state index contributed by atoms with van der Waals surface area (Å²) in [5.41, 5.74) is 6.84. The van der Waals surface area contributed by atoms with Crippen molar-refractivity contribution in [2.75, 3.05) is 6.54 Å². The lowest BCUT2D eigenvalue weighted by atomic mass is 10.2. The molecular weight excluding hydrogens is 98.1 g/mol. The molecule has 0 aliphatic heterocycles. The van der Waals surface area contributed by atoms with Crippen LogP contribution in [0.15, 0.2) is 0 Å². The number of nitrogens with one attached hydrogen (secondary N) is 1. The van der Waals surface area contributed by atoms with Crippen LogP contribution < -0.4 is 5.73 Å². The third-order valence-corrected chi connectivity index (χ3v) is 1.28. The molecule has 0 rings (SSSR count). The Kier molecular flexibility index (Phi) is 6.93. The molecule has 49 valence electrons. The molecular formula is C7H16N. The van der Waals surface area contributed by atoms with Gasteiger partial charge in [-0.25, -0.2) is 0 Å². The second-order valence-electron chi connectivity index (χ2n) is 2.16. The van der Waals surface area contributed by atoms with E-state index in [1.165, 1.54) is 25.7 Å². The zero-order valence-electron chi connectivity index (χ0n) is 5.74. The summed E-state index contributed by atoms with van der Waals surface area (Å²) in [6.45, 7) is 2.82. The average Bonchev–Trinajstić information content (AvgIpc) is 1.81. The third kappa shape index (κ3) is 5.96. The van der Waals surface area contributed by atoms with Gasteiger partial charge in [-0.3, -0.25) is 5.73 Å². The molecule has 0 fully saturated rings. The van der Waals surface area contributed by atoms with Crippen molar-refractivity contribution in [3.8, 4) is 0 Å². The van der Waals surface area contributed by atoms with Gasteiger partial charge in [0.2, 0.25) is 0 Å². The zero-order valence-corrected chi connectivity index (χ0v) is 5.74. The summed E-state index contributed by atoms with van der Waals surface area (Å²) >= 11 is 0. The smallest absolute Gasteiger partial charge is 0.00997 e. The normalized spacial score (nSPS) is 9.75. The molecule has 1 N–H and O–H groups in total. The minimum Gasteiger partial charge on any atom is -0.258 e. The van der Waals surface area contributed by atoms with Gasteiger partial charge < -0.3 is 0 Å². The van der Waals surface area contributed by atoms with Crippen LogP contribution in [-0.2, 0) is 0 Å². The van der Waals surface area contributed by atoms with Gasteiger partial charge in [0.25, 0.3) is 0 Å². The lowest BCUT2D eigenvalue weighted by molar-refractivity contribution is 0.634. The van der Waals surface area contributed by atoms with Crippen LogP contribution in [0.2, 0.25) is 0 Å². The zero-order chi connectivity index (χ0) is 6.24. The largest absolute Gasteiger partial charge is 0.258 e. The molecule has 0 unspecified atom stereocenters. The van der Waals surface area contributed by atoms with Crippen molar-refractivity contribution in [1.82, 2.24) is 5.73 Å². The Morgan fingerprint density at radius 2 is 1.62 bits per heavy atom. The Morgan fingerprint density at radius 1 is 1.00 bits per heavy atom. The first-order valence-electron chi connectivity index (χ1n) is 3.56. The van der Waals surface area contributed by atoms with E-state index in [9.17, 15) is 0 Å². The molecule has 0 aromatic rings. The summed E-state index contributed by atoms with van der Waals surface area (Å²) in [6, 6.07) is 0. The van der Waals surface area contributed by atoms with Crippen molar-refractivity contribution < 1.29 is 0 Å². The molecule has 1 radical (unpaired) electrons. The van der Waals surface area contributed by atoms with Crippen molar-refractivity contribution in [1.29, 1.82) is 0 Å². The maximum absolute atomic E-state index is 6.84. The lowest BCUT2D eigenvalue weighted by Gasteiger charge is -1.93. The van der Waals surface area contributed by atoms with E-state index in [1.54, 1.807) is 0 Å². The molecule has 1 nitrogen and oxygen atoms in total. The van der Waals surface area contributed by atoms with Gasteiger partial charge in [0, 0.05) is 6.54 Å². The number of hydrogen-bond donors (Lipinski definition) is 0. The molecule has 0 amide bonds. The number of hydrogen-bond acceptors (Lipinski definition) is 0. The monoisotopic (exact) mass is 114 g/mol. The highest BCUT2D eigenvalue weighted by molar-refractivity contribution is 4.40. The second-order valence-corrected chi connectivity index (χ2v) is 2.16. The summed E-state index contributed by atoms with van der Waals surface area (Å²) in [7, 11) is 0. The van der Waals surface area contributed by atoms with E-state index in [4.69, 9.17) is 5.73 Å². The Bertz CT molecular complexity index is 29.4. The quantitative estimate of drug-likeness (QED) is 0.489. The predicted molar refractivity (Wildman–Crippen MR) is 36.7 cm³/mol. The molecule has 0 saturated heterocycles. The molecule has 0 bridgehead atoms.